The van der Waals surface area contributed by atoms with Gasteiger partial charge in [0.2, 0.25) is 0 Å². The first-order valence-electron chi connectivity index (χ1n) is 3.07. The molecule has 0 aromatic heterocycles. The summed E-state index contributed by atoms with van der Waals surface area (Å²) in [6, 6.07) is 5.63. The van der Waals surface area contributed by atoms with Crippen molar-refractivity contribution in [3.63, 3.8) is 0 Å². The van der Waals surface area contributed by atoms with Gasteiger partial charge in [0.25, 0.3) is 0 Å². The Morgan fingerprint density at radius 2 is 2.27 bits per heavy atom. The Balaban J connectivity index is 2.95. The van der Waals surface area contributed by atoms with E-state index in [2.05, 4.69) is 0 Å². The smallest absolute Gasteiger partial charge is 0.147 e. The minimum atomic E-state index is -0.396. The number of halogens is 1. The Labute approximate surface area is 63.8 Å². The summed E-state index contributed by atoms with van der Waals surface area (Å²) in [5.74, 6) is -0.396. The third-order valence-electron chi connectivity index (χ3n) is 1.28. The van der Waals surface area contributed by atoms with E-state index in [0.717, 1.165) is 0 Å². The number of aldehydes is 1. The van der Waals surface area contributed by atoms with Crippen molar-refractivity contribution in [3.8, 4) is 0 Å². The molecule has 0 fully saturated rings. The summed E-state index contributed by atoms with van der Waals surface area (Å²) in [6.45, 7) is 0. The summed E-state index contributed by atoms with van der Waals surface area (Å²) < 4.78 is 12.5. The highest BCUT2D eigenvalue weighted by atomic mass is 19.1. The van der Waals surface area contributed by atoms with Crippen LogP contribution in [0.3, 0.4) is 0 Å². The van der Waals surface area contributed by atoms with Gasteiger partial charge in [-0.1, -0.05) is 12.1 Å². The van der Waals surface area contributed by atoms with Crippen molar-refractivity contribution in [2.45, 2.75) is 0 Å². The van der Waals surface area contributed by atoms with Crippen LogP contribution in [0.2, 0.25) is 0 Å². The van der Waals surface area contributed by atoms with E-state index >= 15 is 0 Å². The van der Waals surface area contributed by atoms with Gasteiger partial charge in [0, 0.05) is 0 Å². The minimum absolute atomic E-state index is 0.0458. The summed E-state index contributed by atoms with van der Waals surface area (Å²) in [4.78, 5) is 10.1. The lowest BCUT2D eigenvalue weighted by Gasteiger charge is -2.00. The van der Waals surface area contributed by atoms with Crippen LogP contribution in [-0.2, 0) is 4.79 Å². The molecule has 0 amide bonds. The fourth-order valence-electron chi connectivity index (χ4n) is 0.736. The van der Waals surface area contributed by atoms with Gasteiger partial charge < -0.3 is 10.5 Å². The van der Waals surface area contributed by atoms with Gasteiger partial charge in [0.1, 0.15) is 18.1 Å². The highest BCUT2D eigenvalue weighted by molar-refractivity contribution is 5.74. The van der Waals surface area contributed by atoms with Gasteiger partial charge in [-0.05, 0) is 17.7 Å². The fraction of sp³-hybridized carbons (Fsp3) is 0. The molecule has 0 aliphatic heterocycles. The molecule has 0 aliphatic carbocycles. The number of benzene rings is 1. The van der Waals surface area contributed by atoms with Crippen molar-refractivity contribution >= 4 is 6.29 Å². The molecule has 0 aliphatic rings. The third kappa shape index (κ3) is 1.85. The average Bonchev–Trinajstić information content (AvgIpc) is 2.03. The number of hydrogen-bond donors (Lipinski definition) is 1. The second kappa shape index (κ2) is 3.25. The fourth-order valence-corrected chi connectivity index (χ4v) is 0.736. The normalized spacial score (nSPS) is 10.1. The van der Waals surface area contributed by atoms with E-state index in [1.807, 2.05) is 0 Å². The van der Waals surface area contributed by atoms with Gasteiger partial charge >= 0.3 is 0 Å². The molecule has 0 bridgehead atoms. The van der Waals surface area contributed by atoms with E-state index in [0.29, 0.717) is 11.8 Å². The molecule has 2 N–H and O–H groups in total. The van der Waals surface area contributed by atoms with E-state index in [-0.39, 0.29) is 6.04 Å². The first-order valence-corrected chi connectivity index (χ1v) is 3.07. The molecule has 57 valence electrons. The monoisotopic (exact) mass is 152 g/mol. The molecule has 0 heterocycles. The Kier molecular flexibility index (Phi) is 2.33. The van der Waals surface area contributed by atoms with Crippen molar-refractivity contribution in [2.75, 3.05) is 0 Å². The Morgan fingerprint density at radius 3 is 2.82 bits per heavy atom. The van der Waals surface area contributed by atoms with Crippen LogP contribution in [0.4, 0.5) is 4.39 Å². The molecule has 3 heteroatoms. The summed E-state index contributed by atoms with van der Waals surface area (Å²) in [5.41, 5.74) is 5.66. The number of hydrogen-bond acceptors (Lipinski definition) is 2. The maximum atomic E-state index is 12.5. The highest BCUT2D eigenvalue weighted by Crippen LogP contribution is 2.08. The Hall–Kier alpha value is -1.22. The van der Waals surface area contributed by atoms with Crippen LogP contribution in [-0.4, -0.2) is 6.29 Å². The lowest BCUT2D eigenvalue weighted by Crippen LogP contribution is -2.12. The molecule has 2 nitrogen and oxygen atoms in total. The molecule has 0 unspecified atom stereocenters. The van der Waals surface area contributed by atoms with Gasteiger partial charge in [-0.2, -0.15) is 0 Å². The van der Waals surface area contributed by atoms with Crippen molar-refractivity contribution in [1.82, 2.24) is 0 Å². The number of rotatable bonds is 2. The lowest BCUT2D eigenvalue weighted by atomic mass is 10.1. The van der Waals surface area contributed by atoms with E-state index < -0.39 is 5.82 Å². The van der Waals surface area contributed by atoms with Crippen LogP contribution in [0.15, 0.2) is 24.3 Å². The zero-order valence-corrected chi connectivity index (χ0v) is 5.75. The van der Waals surface area contributed by atoms with Crippen molar-refractivity contribution in [2.24, 2.45) is 5.73 Å². The molecule has 1 radical (unpaired) electrons. The van der Waals surface area contributed by atoms with Crippen LogP contribution < -0.4 is 5.73 Å². The summed E-state index contributed by atoms with van der Waals surface area (Å²) in [5, 5.41) is 0. The average molecular weight is 152 g/mol. The zero-order valence-electron chi connectivity index (χ0n) is 5.75. The van der Waals surface area contributed by atoms with Gasteiger partial charge in [-0.3, -0.25) is 0 Å². The first-order chi connectivity index (χ1) is 5.24. The molecule has 0 saturated heterocycles. The number of carbonyl (C=O) groups excluding carboxylic acids is 1. The predicted molar refractivity (Wildman–Crippen MR) is 39.0 cm³/mol. The topological polar surface area (TPSA) is 43.1 Å². The SMILES string of the molecule is N[C](C=O)c1cccc(F)c1. The molecule has 1 aromatic rings. The molecular weight excluding hydrogens is 145 g/mol. The van der Waals surface area contributed by atoms with Crippen LogP contribution >= 0.6 is 0 Å². The van der Waals surface area contributed by atoms with Crippen LogP contribution in [0.25, 0.3) is 0 Å². The van der Waals surface area contributed by atoms with Gasteiger partial charge in [0.15, 0.2) is 0 Å². The second-order valence-electron chi connectivity index (χ2n) is 2.08. The number of nitrogens with two attached hydrogens (primary N) is 1. The van der Waals surface area contributed by atoms with E-state index in [4.69, 9.17) is 5.73 Å². The van der Waals surface area contributed by atoms with E-state index in [9.17, 15) is 9.18 Å². The summed E-state index contributed by atoms with van der Waals surface area (Å²) in [7, 11) is 0. The molecule has 0 spiro atoms. The molecule has 11 heavy (non-hydrogen) atoms. The maximum Gasteiger partial charge on any atom is 0.147 e. The maximum absolute atomic E-state index is 12.5. The van der Waals surface area contributed by atoms with Crippen LogP contribution in [0.1, 0.15) is 5.56 Å². The van der Waals surface area contributed by atoms with Crippen LogP contribution in [0.5, 0.6) is 0 Å². The number of carbonyl (C=O) groups is 1. The van der Waals surface area contributed by atoms with Crippen molar-refractivity contribution in [3.05, 3.63) is 41.7 Å². The standard InChI is InChI=1S/C8H7FNO/c9-7-3-1-2-6(4-7)8(10)5-11/h1-5H,10H2. The van der Waals surface area contributed by atoms with Crippen molar-refractivity contribution < 1.29 is 9.18 Å². The molecule has 1 rings (SSSR count). The Bertz CT molecular complexity index is 262. The highest BCUT2D eigenvalue weighted by Gasteiger charge is 2.04. The van der Waals surface area contributed by atoms with Crippen LogP contribution in [0, 0.1) is 11.9 Å². The predicted octanol–water partition coefficient (Wildman–Crippen LogP) is 0.863. The molecule has 1 aromatic carbocycles. The second-order valence-corrected chi connectivity index (χ2v) is 2.08. The molecule has 0 saturated carbocycles. The summed E-state index contributed by atoms with van der Waals surface area (Å²) >= 11 is 0. The quantitative estimate of drug-likeness (QED) is 0.639. The molecule has 0 atom stereocenters. The van der Waals surface area contributed by atoms with Gasteiger partial charge in [-0.15, -0.1) is 0 Å². The van der Waals surface area contributed by atoms with E-state index in [1.165, 1.54) is 18.2 Å². The minimum Gasteiger partial charge on any atom is -0.313 e. The lowest BCUT2D eigenvalue weighted by molar-refractivity contribution is -0.106. The zero-order chi connectivity index (χ0) is 8.27. The Morgan fingerprint density at radius 1 is 1.55 bits per heavy atom. The van der Waals surface area contributed by atoms with Crippen molar-refractivity contribution in [1.29, 1.82) is 0 Å². The molecular formula is C8H7FNO. The van der Waals surface area contributed by atoms with Gasteiger partial charge in [-0.25, -0.2) is 4.39 Å². The largest absolute Gasteiger partial charge is 0.313 e. The first kappa shape index (κ1) is 7.88. The summed E-state index contributed by atoms with van der Waals surface area (Å²) in [6.07, 6.45) is 0.495. The van der Waals surface area contributed by atoms with Gasteiger partial charge in [0.05, 0.1) is 0 Å². The third-order valence-corrected chi connectivity index (χ3v) is 1.28. The van der Waals surface area contributed by atoms with E-state index in [1.54, 1.807) is 6.07 Å².